The number of nitrogens with zero attached hydrogens (tertiary/aromatic N) is 3. The van der Waals surface area contributed by atoms with E-state index in [0.717, 1.165) is 6.07 Å². The molecule has 0 aliphatic heterocycles. The summed E-state index contributed by atoms with van der Waals surface area (Å²) in [4.78, 5) is 26.5. The van der Waals surface area contributed by atoms with Crippen molar-refractivity contribution in [3.8, 4) is 22.5 Å². The number of benzene rings is 1. The third-order valence-electron chi connectivity index (χ3n) is 4.19. The summed E-state index contributed by atoms with van der Waals surface area (Å²) < 4.78 is 53.1. The highest BCUT2D eigenvalue weighted by atomic mass is 19.4. The highest BCUT2D eigenvalue weighted by Gasteiger charge is 2.33. The Balaban J connectivity index is 2.04. The van der Waals surface area contributed by atoms with E-state index >= 15 is 0 Å². The number of nitrogens with one attached hydrogen (secondary N) is 1. The van der Waals surface area contributed by atoms with E-state index in [4.69, 9.17) is 0 Å². The third kappa shape index (κ3) is 3.71. The molecule has 1 aromatic carbocycles. The van der Waals surface area contributed by atoms with Crippen LogP contribution < -0.4 is 5.56 Å². The Morgan fingerprint density at radius 2 is 1.55 bits per heavy atom. The van der Waals surface area contributed by atoms with Crippen LogP contribution in [0.4, 0.5) is 17.6 Å². The van der Waals surface area contributed by atoms with E-state index in [-0.39, 0.29) is 28.3 Å². The first-order valence-electron chi connectivity index (χ1n) is 8.44. The van der Waals surface area contributed by atoms with Gasteiger partial charge in [0.1, 0.15) is 17.0 Å². The summed E-state index contributed by atoms with van der Waals surface area (Å²) in [5, 5.41) is 0. The van der Waals surface area contributed by atoms with Crippen molar-refractivity contribution < 1.29 is 17.6 Å². The van der Waals surface area contributed by atoms with Crippen LogP contribution in [0, 0.1) is 12.7 Å². The van der Waals surface area contributed by atoms with E-state index in [0.29, 0.717) is 11.1 Å². The molecule has 0 aliphatic carbocycles. The lowest BCUT2D eigenvalue weighted by atomic mass is 10.0. The van der Waals surface area contributed by atoms with Crippen molar-refractivity contribution in [3.63, 3.8) is 0 Å². The first-order valence-corrected chi connectivity index (χ1v) is 8.44. The van der Waals surface area contributed by atoms with Gasteiger partial charge in [0.25, 0.3) is 0 Å². The second kappa shape index (κ2) is 6.77. The molecule has 0 aliphatic rings. The molecule has 0 fully saturated rings. The van der Waals surface area contributed by atoms with Gasteiger partial charge in [0.2, 0.25) is 5.56 Å². The standard InChI is InChI=1S/C20H12F4N4O/c1-10-8-12(9-15(25-10)20(22,23)24)18-17(11-2-4-13(21)5-3-11)28-19-14(26-18)6-7-16(29)27-19/h2-9H,1H3,(H,27,28,29). The van der Waals surface area contributed by atoms with Gasteiger partial charge in [-0.15, -0.1) is 0 Å². The molecule has 0 radical (unpaired) electrons. The van der Waals surface area contributed by atoms with Gasteiger partial charge < -0.3 is 4.98 Å². The lowest BCUT2D eigenvalue weighted by molar-refractivity contribution is -0.141. The van der Waals surface area contributed by atoms with Crippen LogP contribution in [0.25, 0.3) is 33.7 Å². The van der Waals surface area contributed by atoms with Gasteiger partial charge in [0.05, 0.1) is 11.4 Å². The van der Waals surface area contributed by atoms with Crippen molar-refractivity contribution in [2.75, 3.05) is 0 Å². The van der Waals surface area contributed by atoms with Gasteiger partial charge in [0.15, 0.2) is 5.65 Å². The Labute approximate surface area is 161 Å². The number of pyridine rings is 2. The average Bonchev–Trinajstić information content (AvgIpc) is 2.66. The zero-order valence-corrected chi connectivity index (χ0v) is 14.9. The summed E-state index contributed by atoms with van der Waals surface area (Å²) in [5.74, 6) is -0.475. The molecule has 3 heterocycles. The van der Waals surface area contributed by atoms with Crippen LogP contribution in [0.2, 0.25) is 0 Å². The lowest BCUT2D eigenvalue weighted by Gasteiger charge is -2.13. The Kier molecular flexibility index (Phi) is 4.37. The smallest absolute Gasteiger partial charge is 0.305 e. The first-order chi connectivity index (χ1) is 13.7. The SMILES string of the molecule is Cc1cc(-c2nc3ccc(=O)[nH]c3nc2-c2ccc(F)cc2)cc(C(F)(F)F)n1. The molecule has 3 aromatic heterocycles. The molecule has 29 heavy (non-hydrogen) atoms. The van der Waals surface area contributed by atoms with Crippen LogP contribution in [0.1, 0.15) is 11.4 Å². The highest BCUT2D eigenvalue weighted by Crippen LogP contribution is 2.34. The Hall–Kier alpha value is -3.62. The van der Waals surface area contributed by atoms with Crippen LogP contribution in [-0.4, -0.2) is 19.9 Å². The summed E-state index contributed by atoms with van der Waals surface area (Å²) in [5.41, 5.74) is 0.127. The normalized spacial score (nSPS) is 11.8. The molecule has 0 saturated heterocycles. The van der Waals surface area contributed by atoms with E-state index in [1.807, 2.05) is 0 Å². The number of H-pyrrole nitrogens is 1. The molecule has 0 bridgehead atoms. The number of aryl methyl sites for hydroxylation is 1. The fourth-order valence-corrected chi connectivity index (χ4v) is 2.93. The van der Waals surface area contributed by atoms with Gasteiger partial charge in [-0.05, 0) is 49.4 Å². The van der Waals surface area contributed by atoms with Gasteiger partial charge >= 0.3 is 6.18 Å². The maximum Gasteiger partial charge on any atom is 0.433 e. The molecule has 0 unspecified atom stereocenters. The Morgan fingerprint density at radius 3 is 2.24 bits per heavy atom. The summed E-state index contributed by atoms with van der Waals surface area (Å²) in [6, 6.07) is 10.3. The molecular formula is C20H12F4N4O. The molecule has 146 valence electrons. The van der Waals surface area contributed by atoms with Crippen LogP contribution in [-0.2, 0) is 6.18 Å². The number of hydrogen-bond acceptors (Lipinski definition) is 4. The molecule has 5 nitrogen and oxygen atoms in total. The minimum Gasteiger partial charge on any atom is -0.305 e. The number of alkyl halides is 3. The fraction of sp³-hybridized carbons (Fsp3) is 0.100. The Bertz CT molecular complexity index is 1280. The minimum absolute atomic E-state index is 0.156. The average molecular weight is 400 g/mol. The summed E-state index contributed by atoms with van der Waals surface area (Å²) >= 11 is 0. The number of rotatable bonds is 2. The molecule has 0 saturated carbocycles. The Morgan fingerprint density at radius 1 is 0.862 bits per heavy atom. The summed E-state index contributed by atoms with van der Waals surface area (Å²) in [6.45, 7) is 1.45. The first kappa shape index (κ1) is 18.7. The van der Waals surface area contributed by atoms with E-state index in [1.165, 1.54) is 49.4 Å². The van der Waals surface area contributed by atoms with E-state index in [1.54, 1.807) is 0 Å². The zero-order chi connectivity index (χ0) is 20.8. The van der Waals surface area contributed by atoms with Gasteiger partial charge in [-0.1, -0.05) is 0 Å². The predicted molar refractivity (Wildman–Crippen MR) is 98.5 cm³/mol. The highest BCUT2D eigenvalue weighted by molar-refractivity contribution is 5.84. The molecule has 1 N–H and O–H groups in total. The van der Waals surface area contributed by atoms with Gasteiger partial charge in [0, 0.05) is 22.9 Å². The number of aromatic nitrogens is 4. The van der Waals surface area contributed by atoms with Crippen molar-refractivity contribution in [2.45, 2.75) is 13.1 Å². The van der Waals surface area contributed by atoms with E-state index in [2.05, 4.69) is 19.9 Å². The summed E-state index contributed by atoms with van der Waals surface area (Å²) in [6.07, 6.45) is -4.63. The monoisotopic (exact) mass is 400 g/mol. The molecule has 4 rings (SSSR count). The topological polar surface area (TPSA) is 71.5 Å². The number of aromatic amines is 1. The largest absolute Gasteiger partial charge is 0.433 e. The molecule has 0 atom stereocenters. The van der Waals surface area contributed by atoms with Gasteiger partial charge in [-0.2, -0.15) is 13.2 Å². The van der Waals surface area contributed by atoms with Gasteiger partial charge in [-0.3, -0.25) is 4.79 Å². The van der Waals surface area contributed by atoms with Crippen LogP contribution >= 0.6 is 0 Å². The lowest BCUT2D eigenvalue weighted by Crippen LogP contribution is -2.10. The summed E-state index contributed by atoms with van der Waals surface area (Å²) in [7, 11) is 0. The minimum atomic E-state index is -4.63. The van der Waals surface area contributed by atoms with E-state index in [9.17, 15) is 22.4 Å². The second-order valence-electron chi connectivity index (χ2n) is 6.36. The fourth-order valence-electron chi connectivity index (χ4n) is 2.93. The zero-order valence-electron chi connectivity index (χ0n) is 14.9. The van der Waals surface area contributed by atoms with Crippen molar-refractivity contribution in [3.05, 3.63) is 76.1 Å². The molecule has 0 amide bonds. The number of fused-ring (bicyclic) bond motifs is 1. The quantitative estimate of drug-likeness (QED) is 0.503. The molecule has 4 aromatic rings. The second-order valence-corrected chi connectivity index (χ2v) is 6.36. The predicted octanol–water partition coefficient (Wildman–Crippen LogP) is 4.51. The van der Waals surface area contributed by atoms with Crippen LogP contribution in [0.5, 0.6) is 0 Å². The third-order valence-corrected chi connectivity index (χ3v) is 4.19. The van der Waals surface area contributed by atoms with Crippen molar-refractivity contribution >= 4 is 11.2 Å². The van der Waals surface area contributed by atoms with E-state index < -0.39 is 23.2 Å². The van der Waals surface area contributed by atoms with Gasteiger partial charge in [-0.25, -0.2) is 19.3 Å². The number of halogens is 4. The molecular weight excluding hydrogens is 388 g/mol. The molecule has 9 heteroatoms. The molecule has 0 spiro atoms. The van der Waals surface area contributed by atoms with Crippen molar-refractivity contribution in [1.29, 1.82) is 0 Å². The van der Waals surface area contributed by atoms with Crippen LogP contribution in [0.3, 0.4) is 0 Å². The van der Waals surface area contributed by atoms with Crippen molar-refractivity contribution in [2.24, 2.45) is 0 Å². The van der Waals surface area contributed by atoms with Crippen LogP contribution in [0.15, 0.2) is 53.3 Å². The number of hydrogen-bond donors (Lipinski definition) is 1. The van der Waals surface area contributed by atoms with Crippen molar-refractivity contribution in [1.82, 2.24) is 19.9 Å². The maximum absolute atomic E-state index is 13.4. The maximum atomic E-state index is 13.4.